The van der Waals surface area contributed by atoms with Gasteiger partial charge >= 0.3 is 0 Å². The van der Waals surface area contributed by atoms with Gasteiger partial charge in [0, 0.05) is 17.6 Å². The van der Waals surface area contributed by atoms with Gasteiger partial charge in [-0.05, 0) is 37.0 Å². The molecule has 5 nitrogen and oxygen atoms in total. The number of carbonyl (C=O) groups excluding carboxylic acids is 1. The van der Waals surface area contributed by atoms with Crippen molar-refractivity contribution < 1.29 is 9.72 Å². The molecule has 1 N–H and O–H groups in total. The molecule has 0 bridgehead atoms. The van der Waals surface area contributed by atoms with Crippen LogP contribution >= 0.6 is 11.6 Å². The Balaban J connectivity index is 1.82. The van der Waals surface area contributed by atoms with E-state index < -0.39 is 10.8 Å². The minimum Gasteiger partial charge on any atom is -0.352 e. The van der Waals surface area contributed by atoms with Gasteiger partial charge in [-0.15, -0.1) is 0 Å². The summed E-state index contributed by atoms with van der Waals surface area (Å²) in [7, 11) is 0. The SMILES string of the molecule is O=C(NCCCCc1ccccc1)c1ccc(Cl)cc1[N+](=O)[O-]. The summed E-state index contributed by atoms with van der Waals surface area (Å²) in [4.78, 5) is 22.4. The van der Waals surface area contributed by atoms with Gasteiger partial charge in [0.2, 0.25) is 0 Å². The quantitative estimate of drug-likeness (QED) is 0.473. The van der Waals surface area contributed by atoms with Crippen LogP contribution in [0.1, 0.15) is 28.8 Å². The van der Waals surface area contributed by atoms with Crippen molar-refractivity contribution in [2.75, 3.05) is 6.54 Å². The molecule has 120 valence electrons. The van der Waals surface area contributed by atoms with Gasteiger partial charge in [-0.25, -0.2) is 0 Å². The molecule has 2 rings (SSSR count). The van der Waals surface area contributed by atoms with Crippen LogP contribution < -0.4 is 5.32 Å². The first-order chi connectivity index (χ1) is 11.1. The summed E-state index contributed by atoms with van der Waals surface area (Å²) in [5, 5.41) is 13.9. The lowest BCUT2D eigenvalue weighted by atomic mass is 10.1. The molecule has 0 aromatic heterocycles. The third-order valence-corrected chi connectivity index (χ3v) is 3.66. The van der Waals surface area contributed by atoms with Gasteiger partial charge in [-0.3, -0.25) is 14.9 Å². The fourth-order valence-electron chi connectivity index (χ4n) is 2.24. The number of nitrogens with zero attached hydrogens (tertiary/aromatic N) is 1. The van der Waals surface area contributed by atoms with Crippen LogP contribution in [-0.2, 0) is 6.42 Å². The van der Waals surface area contributed by atoms with E-state index in [-0.39, 0.29) is 16.3 Å². The first-order valence-corrected chi connectivity index (χ1v) is 7.72. The minimum atomic E-state index is -0.601. The number of hydrogen-bond acceptors (Lipinski definition) is 3. The molecule has 0 heterocycles. The zero-order valence-electron chi connectivity index (χ0n) is 12.5. The summed E-state index contributed by atoms with van der Waals surface area (Å²) >= 11 is 5.73. The number of nitrogens with one attached hydrogen (secondary N) is 1. The monoisotopic (exact) mass is 332 g/mol. The second-order valence-corrected chi connectivity index (χ2v) is 5.55. The standard InChI is InChI=1S/C17H17ClN2O3/c18-14-9-10-15(16(12-14)20(22)23)17(21)19-11-5-4-8-13-6-2-1-3-7-13/h1-3,6-7,9-10,12H,4-5,8,11H2,(H,19,21). The number of aryl methyl sites for hydroxylation is 1. The smallest absolute Gasteiger partial charge is 0.283 e. The maximum absolute atomic E-state index is 12.1. The van der Waals surface area contributed by atoms with Crippen LogP contribution in [0.4, 0.5) is 5.69 Å². The lowest BCUT2D eigenvalue weighted by Gasteiger charge is -2.06. The first kappa shape index (κ1) is 17.0. The highest BCUT2D eigenvalue weighted by Crippen LogP contribution is 2.23. The largest absolute Gasteiger partial charge is 0.352 e. The Morgan fingerprint density at radius 2 is 1.87 bits per heavy atom. The summed E-state index contributed by atoms with van der Waals surface area (Å²) in [5.41, 5.74) is 1.01. The molecule has 23 heavy (non-hydrogen) atoms. The van der Waals surface area contributed by atoms with E-state index in [1.165, 1.54) is 23.8 Å². The average Bonchev–Trinajstić information content (AvgIpc) is 2.55. The van der Waals surface area contributed by atoms with Gasteiger partial charge in [0.15, 0.2) is 0 Å². The Morgan fingerprint density at radius 3 is 2.57 bits per heavy atom. The highest BCUT2D eigenvalue weighted by molar-refractivity contribution is 6.31. The molecule has 0 aliphatic heterocycles. The second kappa shape index (κ2) is 8.29. The van der Waals surface area contributed by atoms with E-state index in [0.717, 1.165) is 19.3 Å². The normalized spacial score (nSPS) is 10.3. The van der Waals surface area contributed by atoms with E-state index >= 15 is 0 Å². The number of hydrogen-bond donors (Lipinski definition) is 1. The molecule has 1 amide bonds. The van der Waals surface area contributed by atoms with Crippen molar-refractivity contribution in [2.24, 2.45) is 0 Å². The Bertz CT molecular complexity index is 689. The Labute approximate surface area is 139 Å². The minimum absolute atomic E-state index is 0.0301. The second-order valence-electron chi connectivity index (χ2n) is 5.12. The van der Waals surface area contributed by atoms with Crippen LogP contribution in [-0.4, -0.2) is 17.4 Å². The Hall–Kier alpha value is -2.40. The van der Waals surface area contributed by atoms with Gasteiger partial charge in [0.1, 0.15) is 5.56 Å². The zero-order chi connectivity index (χ0) is 16.7. The van der Waals surface area contributed by atoms with E-state index in [4.69, 9.17) is 11.6 Å². The number of halogens is 1. The molecule has 0 radical (unpaired) electrons. The summed E-state index contributed by atoms with van der Waals surface area (Å²) in [6, 6.07) is 14.1. The van der Waals surface area contributed by atoms with Crippen molar-refractivity contribution >= 4 is 23.2 Å². The molecule has 0 unspecified atom stereocenters. The van der Waals surface area contributed by atoms with Crippen LogP contribution in [0.2, 0.25) is 5.02 Å². The number of rotatable bonds is 7. The maximum atomic E-state index is 12.1. The van der Waals surface area contributed by atoms with Crippen LogP contribution in [0, 0.1) is 10.1 Å². The van der Waals surface area contributed by atoms with Crippen molar-refractivity contribution in [3.63, 3.8) is 0 Å². The summed E-state index contributed by atoms with van der Waals surface area (Å²) in [6.07, 6.45) is 2.69. The van der Waals surface area contributed by atoms with Crippen molar-refractivity contribution in [2.45, 2.75) is 19.3 Å². The molecule has 0 saturated carbocycles. The lowest BCUT2D eigenvalue weighted by molar-refractivity contribution is -0.385. The molecule has 0 saturated heterocycles. The topological polar surface area (TPSA) is 72.2 Å². The van der Waals surface area contributed by atoms with Gasteiger partial charge in [0.05, 0.1) is 4.92 Å². The maximum Gasteiger partial charge on any atom is 0.283 e. The number of nitro benzene ring substituents is 1. The summed E-state index contributed by atoms with van der Waals surface area (Å²) < 4.78 is 0. The van der Waals surface area contributed by atoms with E-state index in [1.807, 2.05) is 18.2 Å². The third-order valence-electron chi connectivity index (χ3n) is 3.42. The molecule has 0 aliphatic carbocycles. The van der Waals surface area contributed by atoms with Gasteiger partial charge in [-0.2, -0.15) is 0 Å². The van der Waals surface area contributed by atoms with Crippen LogP contribution in [0.15, 0.2) is 48.5 Å². The van der Waals surface area contributed by atoms with Crippen molar-refractivity contribution in [1.82, 2.24) is 5.32 Å². The van der Waals surface area contributed by atoms with Gasteiger partial charge in [0.25, 0.3) is 11.6 Å². The highest BCUT2D eigenvalue weighted by atomic mass is 35.5. The third kappa shape index (κ3) is 5.07. The van der Waals surface area contributed by atoms with Gasteiger partial charge < -0.3 is 5.32 Å². The predicted molar refractivity (Wildman–Crippen MR) is 89.8 cm³/mol. The Kier molecular flexibility index (Phi) is 6.11. The summed E-state index contributed by atoms with van der Waals surface area (Å²) in [5.74, 6) is -0.451. The molecule has 0 atom stereocenters. The van der Waals surface area contributed by atoms with Gasteiger partial charge in [-0.1, -0.05) is 41.9 Å². The molecular weight excluding hydrogens is 316 g/mol. The number of benzene rings is 2. The van der Waals surface area contributed by atoms with Crippen molar-refractivity contribution in [3.05, 3.63) is 74.8 Å². The molecular formula is C17H17ClN2O3. The Morgan fingerprint density at radius 1 is 1.13 bits per heavy atom. The molecule has 6 heteroatoms. The predicted octanol–water partition coefficient (Wildman–Crippen LogP) is 4.00. The molecule has 2 aromatic rings. The first-order valence-electron chi connectivity index (χ1n) is 7.34. The molecule has 0 fully saturated rings. The number of nitro groups is 1. The molecule has 0 spiro atoms. The van der Waals surface area contributed by atoms with E-state index in [2.05, 4.69) is 17.4 Å². The number of amides is 1. The average molecular weight is 333 g/mol. The van der Waals surface area contributed by atoms with E-state index in [1.54, 1.807) is 0 Å². The number of unbranched alkanes of at least 4 members (excludes halogenated alkanes) is 1. The molecule has 2 aromatic carbocycles. The van der Waals surface area contributed by atoms with Crippen LogP contribution in [0.5, 0.6) is 0 Å². The van der Waals surface area contributed by atoms with Crippen LogP contribution in [0.25, 0.3) is 0 Å². The van der Waals surface area contributed by atoms with Crippen molar-refractivity contribution in [1.29, 1.82) is 0 Å². The number of carbonyl (C=O) groups is 1. The highest BCUT2D eigenvalue weighted by Gasteiger charge is 2.20. The molecule has 0 aliphatic rings. The van der Waals surface area contributed by atoms with Crippen molar-refractivity contribution in [3.8, 4) is 0 Å². The fraction of sp³-hybridized carbons (Fsp3) is 0.235. The van der Waals surface area contributed by atoms with E-state index in [9.17, 15) is 14.9 Å². The van der Waals surface area contributed by atoms with E-state index in [0.29, 0.717) is 6.54 Å². The summed E-state index contributed by atoms with van der Waals surface area (Å²) in [6.45, 7) is 0.478. The van der Waals surface area contributed by atoms with Crippen LogP contribution in [0.3, 0.4) is 0 Å². The fourth-order valence-corrected chi connectivity index (χ4v) is 2.41. The zero-order valence-corrected chi connectivity index (χ0v) is 13.3. The lowest BCUT2D eigenvalue weighted by Crippen LogP contribution is -2.25.